The van der Waals surface area contributed by atoms with Crippen LogP contribution in [-0.4, -0.2) is 61.9 Å². The van der Waals surface area contributed by atoms with E-state index < -0.39 is 0 Å². The van der Waals surface area contributed by atoms with Gasteiger partial charge < -0.3 is 9.80 Å². The summed E-state index contributed by atoms with van der Waals surface area (Å²) in [5, 5.41) is 9.42. The topological polar surface area (TPSA) is 92.8 Å². The van der Waals surface area contributed by atoms with Crippen molar-refractivity contribution in [3.8, 4) is 0 Å². The van der Waals surface area contributed by atoms with E-state index >= 15 is 0 Å². The van der Waals surface area contributed by atoms with E-state index in [1.54, 1.807) is 11.5 Å². The number of aromatic nitrogens is 4. The van der Waals surface area contributed by atoms with Crippen LogP contribution in [0.2, 0.25) is 0 Å². The number of piperazine rings is 1. The van der Waals surface area contributed by atoms with Gasteiger partial charge in [0.1, 0.15) is 5.82 Å². The molecule has 0 bridgehead atoms. The van der Waals surface area contributed by atoms with Crippen LogP contribution in [0.4, 0.5) is 5.69 Å². The van der Waals surface area contributed by atoms with E-state index in [1.165, 1.54) is 0 Å². The zero-order chi connectivity index (χ0) is 27.6. The van der Waals surface area contributed by atoms with E-state index in [0.717, 1.165) is 29.9 Å². The monoisotopic (exact) mass is 534 g/mol. The molecule has 0 aliphatic carbocycles. The second-order valence-corrected chi connectivity index (χ2v) is 10.1. The van der Waals surface area contributed by atoms with Crippen molar-refractivity contribution in [2.45, 2.75) is 26.3 Å². The zero-order valence-corrected chi connectivity index (χ0v) is 22.4. The van der Waals surface area contributed by atoms with E-state index in [1.807, 2.05) is 88.2 Å². The van der Waals surface area contributed by atoms with Crippen LogP contribution in [0, 0.1) is 0 Å². The van der Waals surface area contributed by atoms with Gasteiger partial charge in [-0.05, 0) is 48.9 Å². The second-order valence-electron chi connectivity index (χ2n) is 10.1. The molecule has 3 aromatic carbocycles. The van der Waals surface area contributed by atoms with Crippen LogP contribution in [0.25, 0.3) is 16.7 Å². The summed E-state index contributed by atoms with van der Waals surface area (Å²) in [6, 6.07) is 24.9. The maximum Gasteiger partial charge on any atom is 0.263 e. The van der Waals surface area contributed by atoms with Crippen molar-refractivity contribution in [3.63, 3.8) is 0 Å². The highest BCUT2D eigenvalue weighted by Gasteiger charge is 2.23. The SMILES string of the molecule is CC(=O)c1ccc(N2CCN(C(=O)CCc3nnc4n(Cc5ccccc5)c(=O)c5ccccc5n34)CC2)cc1. The van der Waals surface area contributed by atoms with Gasteiger partial charge in [-0.2, -0.15) is 0 Å². The Balaban J connectivity index is 1.18. The molecule has 40 heavy (non-hydrogen) atoms. The summed E-state index contributed by atoms with van der Waals surface area (Å²) in [4.78, 5) is 42.3. The molecule has 1 fully saturated rings. The van der Waals surface area contributed by atoms with Crippen LogP contribution < -0.4 is 10.5 Å². The Morgan fingerprint density at radius 1 is 0.825 bits per heavy atom. The quantitative estimate of drug-likeness (QED) is 0.297. The Hall–Kier alpha value is -4.79. The molecule has 3 heterocycles. The third-order valence-corrected chi connectivity index (χ3v) is 7.59. The number of hydrogen-bond acceptors (Lipinski definition) is 6. The number of para-hydroxylation sites is 1. The Labute approximate surface area is 231 Å². The molecule has 1 aliphatic heterocycles. The number of benzene rings is 3. The van der Waals surface area contributed by atoms with Gasteiger partial charge in [-0.25, -0.2) is 0 Å². The molecule has 1 saturated heterocycles. The number of ketones is 1. The molecular formula is C31H30N6O3. The molecule has 0 saturated carbocycles. The molecule has 9 nitrogen and oxygen atoms in total. The van der Waals surface area contributed by atoms with E-state index in [2.05, 4.69) is 15.1 Å². The van der Waals surface area contributed by atoms with Crippen molar-refractivity contribution in [1.29, 1.82) is 0 Å². The number of hydrogen-bond donors (Lipinski definition) is 0. The van der Waals surface area contributed by atoms with E-state index in [9.17, 15) is 14.4 Å². The van der Waals surface area contributed by atoms with Gasteiger partial charge in [-0.15, -0.1) is 10.2 Å². The molecule has 2 aromatic heterocycles. The molecule has 1 amide bonds. The van der Waals surface area contributed by atoms with Crippen LogP contribution in [0.5, 0.6) is 0 Å². The molecule has 0 radical (unpaired) electrons. The highest BCUT2D eigenvalue weighted by atomic mass is 16.2. The summed E-state index contributed by atoms with van der Waals surface area (Å²) in [5.41, 5.74) is 3.37. The lowest BCUT2D eigenvalue weighted by Gasteiger charge is -2.36. The lowest BCUT2D eigenvalue weighted by molar-refractivity contribution is -0.131. The average Bonchev–Trinajstić information content (AvgIpc) is 3.43. The maximum atomic E-state index is 13.4. The van der Waals surface area contributed by atoms with Gasteiger partial charge in [0, 0.05) is 50.3 Å². The Morgan fingerprint density at radius 3 is 2.25 bits per heavy atom. The largest absolute Gasteiger partial charge is 0.368 e. The number of anilines is 1. The molecule has 0 unspecified atom stereocenters. The number of aryl methyl sites for hydroxylation is 1. The van der Waals surface area contributed by atoms with Crippen LogP contribution >= 0.6 is 0 Å². The number of Topliss-reactive ketones (excluding diaryl/α,β-unsaturated/α-hetero) is 1. The molecule has 9 heteroatoms. The van der Waals surface area contributed by atoms with Crippen molar-refractivity contribution < 1.29 is 9.59 Å². The number of amides is 1. The third kappa shape index (κ3) is 4.86. The minimum Gasteiger partial charge on any atom is -0.368 e. The summed E-state index contributed by atoms with van der Waals surface area (Å²) < 4.78 is 3.56. The first kappa shape index (κ1) is 25.5. The number of fused-ring (bicyclic) bond motifs is 3. The first-order valence-corrected chi connectivity index (χ1v) is 13.5. The van der Waals surface area contributed by atoms with Gasteiger partial charge in [-0.3, -0.25) is 23.4 Å². The minimum absolute atomic E-state index is 0.0508. The fourth-order valence-electron chi connectivity index (χ4n) is 5.38. The van der Waals surface area contributed by atoms with Gasteiger partial charge in [0.15, 0.2) is 5.78 Å². The van der Waals surface area contributed by atoms with Crippen molar-refractivity contribution in [1.82, 2.24) is 24.1 Å². The fraction of sp³-hybridized carbons (Fsp3) is 0.258. The Bertz CT molecular complexity index is 1750. The number of carbonyl (C=O) groups excluding carboxylic acids is 2. The van der Waals surface area contributed by atoms with Crippen molar-refractivity contribution >= 4 is 34.1 Å². The van der Waals surface area contributed by atoms with Crippen LogP contribution in [0.3, 0.4) is 0 Å². The van der Waals surface area contributed by atoms with E-state index in [0.29, 0.717) is 55.0 Å². The smallest absolute Gasteiger partial charge is 0.263 e. The fourth-order valence-corrected chi connectivity index (χ4v) is 5.38. The van der Waals surface area contributed by atoms with Gasteiger partial charge in [0.2, 0.25) is 11.7 Å². The summed E-state index contributed by atoms with van der Waals surface area (Å²) in [6.07, 6.45) is 0.723. The predicted molar refractivity (Wildman–Crippen MR) is 154 cm³/mol. The molecular weight excluding hydrogens is 504 g/mol. The molecule has 0 atom stereocenters. The zero-order valence-electron chi connectivity index (χ0n) is 22.4. The molecule has 5 aromatic rings. The van der Waals surface area contributed by atoms with Crippen molar-refractivity contribution in [2.24, 2.45) is 0 Å². The highest BCUT2D eigenvalue weighted by molar-refractivity contribution is 5.94. The minimum atomic E-state index is -0.115. The Morgan fingerprint density at radius 2 is 1.52 bits per heavy atom. The average molecular weight is 535 g/mol. The number of rotatable bonds is 7. The summed E-state index contributed by atoms with van der Waals surface area (Å²) >= 11 is 0. The third-order valence-electron chi connectivity index (χ3n) is 7.59. The normalized spacial score (nSPS) is 13.7. The van der Waals surface area contributed by atoms with Crippen LogP contribution in [0.15, 0.2) is 83.7 Å². The molecule has 0 N–H and O–H groups in total. The number of nitrogens with zero attached hydrogens (tertiary/aromatic N) is 6. The van der Waals surface area contributed by atoms with Crippen LogP contribution in [0.1, 0.15) is 35.1 Å². The maximum absolute atomic E-state index is 13.4. The van der Waals surface area contributed by atoms with Gasteiger partial charge in [-0.1, -0.05) is 42.5 Å². The molecule has 1 aliphatic rings. The highest BCUT2D eigenvalue weighted by Crippen LogP contribution is 2.20. The van der Waals surface area contributed by atoms with Crippen LogP contribution in [-0.2, 0) is 17.8 Å². The van der Waals surface area contributed by atoms with Crippen molar-refractivity contribution in [3.05, 3.63) is 106 Å². The van der Waals surface area contributed by atoms with Gasteiger partial charge in [0.25, 0.3) is 5.56 Å². The molecule has 6 rings (SSSR count). The first-order valence-electron chi connectivity index (χ1n) is 13.5. The lowest BCUT2D eigenvalue weighted by Crippen LogP contribution is -2.48. The van der Waals surface area contributed by atoms with Crippen molar-refractivity contribution in [2.75, 3.05) is 31.1 Å². The molecule has 0 spiro atoms. The molecule has 202 valence electrons. The van der Waals surface area contributed by atoms with E-state index in [-0.39, 0.29) is 17.2 Å². The Kier molecular flexibility index (Phi) is 6.86. The summed E-state index contributed by atoms with van der Waals surface area (Å²) in [5.74, 6) is 1.25. The lowest BCUT2D eigenvalue weighted by atomic mass is 10.1. The predicted octanol–water partition coefficient (Wildman–Crippen LogP) is 3.58. The van der Waals surface area contributed by atoms with E-state index in [4.69, 9.17) is 0 Å². The number of carbonyl (C=O) groups is 2. The summed E-state index contributed by atoms with van der Waals surface area (Å²) in [7, 11) is 0. The van der Waals surface area contributed by atoms with Gasteiger partial charge >= 0.3 is 0 Å². The standard InChI is InChI=1S/C31H30N6O3/c1-22(38)24-11-13-25(14-12-24)34-17-19-35(20-18-34)29(39)16-15-28-32-33-31-36(21-23-7-3-2-4-8-23)30(40)26-9-5-6-10-27(26)37(28)31/h2-14H,15-21H2,1H3. The first-order chi connectivity index (χ1) is 19.5. The van der Waals surface area contributed by atoms with Gasteiger partial charge in [0.05, 0.1) is 17.4 Å². The summed E-state index contributed by atoms with van der Waals surface area (Å²) in [6.45, 7) is 4.67. The second kappa shape index (κ2) is 10.8.